The molecule has 132 valence electrons. The smallest absolute Gasteiger partial charge is 0.252 e. The summed E-state index contributed by atoms with van der Waals surface area (Å²) in [5.41, 5.74) is 2.40. The molecule has 0 saturated carbocycles. The van der Waals surface area contributed by atoms with Crippen LogP contribution in [0.15, 0.2) is 28.7 Å². The molecule has 1 aliphatic rings. The Morgan fingerprint density at radius 3 is 2.79 bits per heavy atom. The number of aromatic nitrogens is 1. The number of fused-ring (bicyclic) bond motifs is 1. The maximum absolute atomic E-state index is 12.7. The van der Waals surface area contributed by atoms with Crippen molar-refractivity contribution in [2.24, 2.45) is 5.92 Å². The predicted octanol–water partition coefficient (Wildman–Crippen LogP) is 3.88. The number of nitrogens with zero attached hydrogens (tertiary/aromatic N) is 1. The monoisotopic (exact) mass is 433 g/mol. The Labute approximate surface area is 163 Å². The minimum Gasteiger partial charge on any atom is -0.348 e. The number of halogens is 3. The van der Waals surface area contributed by atoms with Crippen molar-refractivity contribution in [3.05, 3.63) is 40.0 Å². The van der Waals surface area contributed by atoms with Crippen molar-refractivity contribution in [2.75, 3.05) is 13.1 Å². The van der Waals surface area contributed by atoms with Crippen LogP contribution in [0.5, 0.6) is 0 Å². The number of hydrogen-bond donors (Lipinski definition) is 2. The molecular weight excluding hydrogens is 413 g/mol. The summed E-state index contributed by atoms with van der Waals surface area (Å²) in [5.74, 6) is 0.479. The van der Waals surface area contributed by atoms with Gasteiger partial charge in [0.2, 0.25) is 0 Å². The normalized spacial score (nSPS) is 20.0. The molecule has 2 aromatic rings. The summed E-state index contributed by atoms with van der Waals surface area (Å²) in [7, 11) is 0. The summed E-state index contributed by atoms with van der Waals surface area (Å²) >= 11 is 3.46. The highest BCUT2D eigenvalue weighted by Crippen LogP contribution is 2.23. The molecule has 4 nitrogen and oxygen atoms in total. The molecule has 2 N–H and O–H groups in total. The standard InChI is InChI=1S/C17H20BrN3O.2ClH/c1-10-5-6-19-9-16(10)21-17(22)14-7-11(2)20-15-8-12(18)3-4-13(14)15;;/h3-4,7-8,10,16,19H,5-6,9H2,1-2H3,(H,21,22);2*1H. The number of amides is 1. The van der Waals surface area contributed by atoms with Gasteiger partial charge in [0.25, 0.3) is 5.91 Å². The highest BCUT2D eigenvalue weighted by molar-refractivity contribution is 9.10. The zero-order chi connectivity index (χ0) is 15.7. The van der Waals surface area contributed by atoms with Gasteiger partial charge in [0, 0.05) is 28.1 Å². The maximum Gasteiger partial charge on any atom is 0.252 e. The summed E-state index contributed by atoms with van der Waals surface area (Å²) in [4.78, 5) is 17.3. The van der Waals surface area contributed by atoms with Gasteiger partial charge in [-0.15, -0.1) is 24.8 Å². The fourth-order valence-electron chi connectivity index (χ4n) is 2.95. The molecule has 3 rings (SSSR count). The quantitative estimate of drug-likeness (QED) is 0.753. The molecule has 0 bridgehead atoms. The van der Waals surface area contributed by atoms with Crippen LogP contribution in [0.1, 0.15) is 29.4 Å². The van der Waals surface area contributed by atoms with E-state index in [-0.39, 0.29) is 36.8 Å². The lowest BCUT2D eigenvalue weighted by Crippen LogP contribution is -2.50. The fraction of sp³-hybridized carbons (Fsp3) is 0.412. The first-order valence-electron chi connectivity index (χ1n) is 7.63. The van der Waals surface area contributed by atoms with Gasteiger partial charge in [-0.1, -0.05) is 28.9 Å². The summed E-state index contributed by atoms with van der Waals surface area (Å²) in [6, 6.07) is 7.89. The van der Waals surface area contributed by atoms with Gasteiger partial charge in [0.05, 0.1) is 11.1 Å². The van der Waals surface area contributed by atoms with E-state index in [0.29, 0.717) is 11.5 Å². The van der Waals surface area contributed by atoms with Gasteiger partial charge in [-0.2, -0.15) is 0 Å². The average Bonchev–Trinajstić information content (AvgIpc) is 2.48. The van der Waals surface area contributed by atoms with E-state index in [1.807, 2.05) is 31.2 Å². The Hall–Kier alpha value is -0.880. The van der Waals surface area contributed by atoms with Gasteiger partial charge in [-0.3, -0.25) is 9.78 Å². The van der Waals surface area contributed by atoms with E-state index in [0.717, 1.165) is 40.6 Å². The first-order valence-corrected chi connectivity index (χ1v) is 8.42. The second-order valence-corrected chi connectivity index (χ2v) is 6.94. The topological polar surface area (TPSA) is 54.0 Å². The van der Waals surface area contributed by atoms with Crippen molar-refractivity contribution in [1.29, 1.82) is 0 Å². The van der Waals surface area contributed by atoms with Crippen molar-refractivity contribution in [1.82, 2.24) is 15.6 Å². The third-order valence-electron chi connectivity index (χ3n) is 4.29. The van der Waals surface area contributed by atoms with E-state index in [9.17, 15) is 4.79 Å². The largest absolute Gasteiger partial charge is 0.348 e. The fourth-order valence-corrected chi connectivity index (χ4v) is 3.30. The molecule has 1 fully saturated rings. The highest BCUT2D eigenvalue weighted by atomic mass is 79.9. The molecule has 1 aliphatic heterocycles. The van der Waals surface area contributed by atoms with Crippen LogP contribution in [0.3, 0.4) is 0 Å². The van der Waals surface area contributed by atoms with E-state index in [1.54, 1.807) is 0 Å². The Morgan fingerprint density at radius 1 is 1.33 bits per heavy atom. The number of hydrogen-bond acceptors (Lipinski definition) is 3. The third-order valence-corrected chi connectivity index (χ3v) is 4.78. The number of carbonyl (C=O) groups is 1. The van der Waals surface area contributed by atoms with E-state index >= 15 is 0 Å². The lowest BCUT2D eigenvalue weighted by Gasteiger charge is -2.30. The van der Waals surface area contributed by atoms with Gasteiger partial charge in [0.1, 0.15) is 0 Å². The zero-order valence-electron chi connectivity index (χ0n) is 13.6. The molecule has 2 unspecified atom stereocenters. The Balaban J connectivity index is 0.00000144. The molecule has 24 heavy (non-hydrogen) atoms. The zero-order valence-corrected chi connectivity index (χ0v) is 16.9. The predicted molar refractivity (Wildman–Crippen MR) is 107 cm³/mol. The van der Waals surface area contributed by atoms with Crippen molar-refractivity contribution in [3.8, 4) is 0 Å². The molecule has 1 aromatic carbocycles. The van der Waals surface area contributed by atoms with Crippen molar-refractivity contribution in [2.45, 2.75) is 26.3 Å². The number of rotatable bonds is 2. The van der Waals surface area contributed by atoms with Gasteiger partial charge >= 0.3 is 0 Å². The molecule has 0 aliphatic carbocycles. The number of pyridine rings is 1. The number of piperidine rings is 1. The SMILES string of the molecule is Cc1cc(C(=O)NC2CNCCC2C)c2ccc(Br)cc2n1.Cl.Cl. The number of aryl methyl sites for hydroxylation is 1. The molecule has 0 spiro atoms. The van der Waals surface area contributed by atoms with E-state index in [1.165, 1.54) is 0 Å². The van der Waals surface area contributed by atoms with Crippen molar-refractivity contribution >= 4 is 57.6 Å². The average molecular weight is 435 g/mol. The van der Waals surface area contributed by atoms with Gasteiger partial charge in [0.15, 0.2) is 0 Å². The molecule has 1 amide bonds. The number of benzene rings is 1. The van der Waals surface area contributed by atoms with Crippen molar-refractivity contribution in [3.63, 3.8) is 0 Å². The molecular formula is C17H22BrCl2N3O. The highest BCUT2D eigenvalue weighted by Gasteiger charge is 2.24. The van der Waals surface area contributed by atoms with Crippen LogP contribution < -0.4 is 10.6 Å². The lowest BCUT2D eigenvalue weighted by atomic mass is 9.94. The summed E-state index contributed by atoms with van der Waals surface area (Å²) in [6.07, 6.45) is 1.09. The summed E-state index contributed by atoms with van der Waals surface area (Å²) in [5, 5.41) is 7.41. The first kappa shape index (κ1) is 21.2. The Kier molecular flexibility index (Phi) is 7.93. The molecule has 2 atom stereocenters. The lowest BCUT2D eigenvalue weighted by molar-refractivity contribution is 0.0917. The molecule has 1 saturated heterocycles. The second kappa shape index (κ2) is 8.99. The third kappa shape index (κ3) is 4.60. The first-order chi connectivity index (χ1) is 10.5. The molecule has 1 aromatic heterocycles. The van der Waals surface area contributed by atoms with E-state index in [2.05, 4.69) is 38.5 Å². The van der Waals surface area contributed by atoms with Crippen molar-refractivity contribution < 1.29 is 4.79 Å². The van der Waals surface area contributed by atoms with Crippen LogP contribution >= 0.6 is 40.7 Å². The Bertz CT molecular complexity index is 721. The van der Waals surface area contributed by atoms with Crippen LogP contribution in [0.2, 0.25) is 0 Å². The minimum atomic E-state index is -0.0154. The van der Waals surface area contributed by atoms with Gasteiger partial charge in [-0.05, 0) is 44.0 Å². The van der Waals surface area contributed by atoms with Crippen LogP contribution in [0.25, 0.3) is 10.9 Å². The minimum absolute atomic E-state index is 0. The van der Waals surface area contributed by atoms with Crippen LogP contribution in [-0.4, -0.2) is 30.0 Å². The summed E-state index contributed by atoms with van der Waals surface area (Å²) in [6.45, 7) is 5.97. The van der Waals surface area contributed by atoms with E-state index in [4.69, 9.17) is 0 Å². The van der Waals surface area contributed by atoms with Gasteiger partial charge < -0.3 is 10.6 Å². The Morgan fingerprint density at radius 2 is 2.08 bits per heavy atom. The second-order valence-electron chi connectivity index (χ2n) is 6.02. The number of nitrogens with one attached hydrogen (secondary N) is 2. The maximum atomic E-state index is 12.7. The molecule has 2 heterocycles. The van der Waals surface area contributed by atoms with Crippen LogP contribution in [-0.2, 0) is 0 Å². The van der Waals surface area contributed by atoms with Crippen LogP contribution in [0, 0.1) is 12.8 Å². The van der Waals surface area contributed by atoms with Crippen LogP contribution in [0.4, 0.5) is 0 Å². The summed E-state index contributed by atoms with van der Waals surface area (Å²) < 4.78 is 0.967. The molecule has 0 radical (unpaired) electrons. The molecule has 7 heteroatoms. The number of carbonyl (C=O) groups excluding carboxylic acids is 1. The van der Waals surface area contributed by atoms with Gasteiger partial charge in [-0.25, -0.2) is 0 Å². The van der Waals surface area contributed by atoms with E-state index < -0.39 is 0 Å².